The third kappa shape index (κ3) is 6.98. The number of hydrogen-bond acceptors (Lipinski definition) is 16. The fraction of sp³-hybridized carbons (Fsp3) is 1.00. The van der Waals surface area contributed by atoms with Gasteiger partial charge in [-0.3, -0.25) is 0 Å². The second-order valence-corrected chi connectivity index (χ2v) is 10.1. The largest absolute Gasteiger partial charge is 0.389 e. The first-order valence-electron chi connectivity index (χ1n) is 13.1. The fourth-order valence-corrected chi connectivity index (χ4v) is 5.10. The highest BCUT2D eigenvalue weighted by molar-refractivity contribution is 5.02. The summed E-state index contributed by atoms with van der Waals surface area (Å²) in [6, 6.07) is -3.15. The lowest BCUT2D eigenvalue weighted by molar-refractivity contribution is -0.335. The second kappa shape index (κ2) is 14.3. The molecule has 2 aliphatic heterocycles. The first-order valence-corrected chi connectivity index (χ1v) is 13.1. The van der Waals surface area contributed by atoms with Crippen molar-refractivity contribution in [1.82, 2.24) is 0 Å². The molecule has 224 valence electrons. The number of ether oxygens (including phenoxy) is 6. The van der Waals surface area contributed by atoms with E-state index in [4.69, 9.17) is 68.6 Å². The molecule has 0 radical (unpaired) electrons. The molecule has 1 aliphatic carbocycles. The van der Waals surface area contributed by atoms with Crippen LogP contribution in [0.5, 0.6) is 0 Å². The van der Waals surface area contributed by atoms with E-state index in [1.165, 1.54) is 0 Å². The Bertz CT molecular complexity index is 716. The number of nitrogens with two attached hydrogens (primary N) is 7. The van der Waals surface area contributed by atoms with Gasteiger partial charge in [-0.2, -0.15) is 0 Å². The van der Waals surface area contributed by atoms with E-state index < -0.39 is 91.7 Å². The van der Waals surface area contributed by atoms with Crippen molar-refractivity contribution in [3.63, 3.8) is 0 Å². The van der Waals surface area contributed by atoms with Gasteiger partial charge in [-0.05, 0) is 13.3 Å². The molecule has 15 atom stereocenters. The molecule has 0 spiro atoms. The highest BCUT2D eigenvalue weighted by Gasteiger charge is 2.52. The molecule has 2 heterocycles. The molecule has 0 aromatic heterocycles. The summed E-state index contributed by atoms with van der Waals surface area (Å²) in [5.74, 6) is 0. The third-order valence-corrected chi connectivity index (χ3v) is 7.35. The van der Waals surface area contributed by atoms with Gasteiger partial charge < -0.3 is 83.9 Å². The Morgan fingerprint density at radius 1 is 0.684 bits per heavy atom. The lowest BCUT2D eigenvalue weighted by Gasteiger charge is -2.49. The zero-order valence-corrected chi connectivity index (χ0v) is 21.7. The number of hydrogen-bond donors (Lipinski definition) is 10. The second-order valence-electron chi connectivity index (χ2n) is 10.1. The van der Waals surface area contributed by atoms with Crippen molar-refractivity contribution < 1.29 is 43.7 Å². The van der Waals surface area contributed by atoms with Crippen LogP contribution in [0.4, 0.5) is 0 Å². The van der Waals surface area contributed by atoms with Gasteiger partial charge in [-0.1, -0.05) is 0 Å². The van der Waals surface area contributed by atoms with Gasteiger partial charge in [0.15, 0.2) is 12.6 Å². The van der Waals surface area contributed by atoms with Crippen LogP contribution in [0.25, 0.3) is 0 Å². The molecular formula is C22H47N7O9. The van der Waals surface area contributed by atoms with Crippen molar-refractivity contribution >= 4 is 0 Å². The van der Waals surface area contributed by atoms with Crippen molar-refractivity contribution in [3.8, 4) is 0 Å². The van der Waals surface area contributed by atoms with Crippen molar-refractivity contribution in [1.29, 1.82) is 0 Å². The summed E-state index contributed by atoms with van der Waals surface area (Å²) >= 11 is 0. The Morgan fingerprint density at radius 2 is 1.29 bits per heavy atom. The Kier molecular flexibility index (Phi) is 12.0. The summed E-state index contributed by atoms with van der Waals surface area (Å²) in [6.07, 6.45) is -11.0. The van der Waals surface area contributed by atoms with Crippen molar-refractivity contribution in [2.75, 3.05) is 32.8 Å². The molecule has 16 heteroatoms. The Labute approximate surface area is 222 Å². The maximum atomic E-state index is 11.1. The Hall–Kier alpha value is -0.640. The van der Waals surface area contributed by atoms with Gasteiger partial charge in [0.2, 0.25) is 0 Å². The van der Waals surface area contributed by atoms with Crippen LogP contribution in [0, 0.1) is 0 Å². The fourth-order valence-electron chi connectivity index (χ4n) is 5.10. The lowest BCUT2D eigenvalue weighted by Crippen LogP contribution is -2.69. The summed E-state index contributed by atoms with van der Waals surface area (Å²) in [4.78, 5) is 0. The molecule has 16 nitrogen and oxygen atoms in total. The normalized spacial score (nSPS) is 48.2. The van der Waals surface area contributed by atoms with Crippen LogP contribution in [0.3, 0.4) is 0 Å². The Balaban J connectivity index is 1.85. The van der Waals surface area contributed by atoms with Gasteiger partial charge in [0.05, 0.1) is 37.5 Å². The topological polar surface area (TPSA) is 298 Å². The van der Waals surface area contributed by atoms with Gasteiger partial charge in [0.25, 0.3) is 0 Å². The average Bonchev–Trinajstić information content (AvgIpc) is 2.89. The molecule has 3 aliphatic rings. The summed E-state index contributed by atoms with van der Waals surface area (Å²) in [6.45, 7) is 2.54. The van der Waals surface area contributed by atoms with Crippen LogP contribution >= 0.6 is 0 Å². The smallest absolute Gasteiger partial charge is 0.187 e. The number of rotatable bonds is 11. The monoisotopic (exact) mass is 553 g/mol. The predicted molar refractivity (Wildman–Crippen MR) is 134 cm³/mol. The van der Waals surface area contributed by atoms with E-state index in [2.05, 4.69) is 0 Å². The molecule has 17 N–H and O–H groups in total. The van der Waals surface area contributed by atoms with Crippen molar-refractivity contribution in [2.45, 2.75) is 105 Å². The lowest BCUT2D eigenvalue weighted by atomic mass is 9.84. The van der Waals surface area contributed by atoms with Gasteiger partial charge in [-0.25, -0.2) is 0 Å². The zero-order chi connectivity index (χ0) is 28.1. The molecule has 38 heavy (non-hydrogen) atoms. The molecule has 0 bridgehead atoms. The van der Waals surface area contributed by atoms with Crippen LogP contribution in [0.2, 0.25) is 0 Å². The first kappa shape index (κ1) is 31.9. The highest BCUT2D eigenvalue weighted by Crippen LogP contribution is 2.33. The molecule has 0 unspecified atom stereocenters. The predicted octanol–water partition coefficient (Wildman–Crippen LogP) is -6.33. The van der Waals surface area contributed by atoms with E-state index in [1.807, 2.05) is 0 Å². The van der Waals surface area contributed by atoms with Crippen LogP contribution in [-0.4, -0.2) is 140 Å². The van der Waals surface area contributed by atoms with Crippen LogP contribution in [0.1, 0.15) is 13.3 Å². The van der Waals surface area contributed by atoms with Crippen LogP contribution in [-0.2, 0) is 28.4 Å². The summed E-state index contributed by atoms with van der Waals surface area (Å²) in [7, 11) is 0. The van der Waals surface area contributed by atoms with E-state index in [9.17, 15) is 15.3 Å². The molecule has 0 aromatic carbocycles. The van der Waals surface area contributed by atoms with E-state index in [0.717, 1.165) is 0 Å². The molecule has 1 saturated carbocycles. The molecule has 3 fully saturated rings. The van der Waals surface area contributed by atoms with Gasteiger partial charge >= 0.3 is 0 Å². The SMILES string of the molecule is C[C@H]1O[C@@H](O[C@@H]2[C@@H](O)[C@H](N)C[C@H](N)[C@H]2O[C@H]2O[C@H](CN)[C@@H](O)[C@H](O)[C@H]2N)[C@H](OCCN)[C@@H](OCCN)[C@@H]1N. The standard InChI is InChI=1S/C22H47N7O9/c1-8-12(28)18(33-4-2-23)20(34-5-3-24)22(35-8)38-19-14(30)9(26)6-10(27)17(19)37-21-13(29)16(32)15(31)11(7-25)36-21/h8-22,30-32H,2-7,23-29H2,1H3/t8-,9-,10+,11-,12-,13-,14+,15-,16-,17-,18+,19-,20-,21-,22+/m1/s1. The summed E-state index contributed by atoms with van der Waals surface area (Å²) in [5, 5.41) is 31.7. The van der Waals surface area contributed by atoms with Crippen molar-refractivity contribution in [2.24, 2.45) is 40.1 Å². The minimum atomic E-state index is -1.37. The summed E-state index contributed by atoms with van der Waals surface area (Å²) < 4.78 is 36.0. The average molecular weight is 554 g/mol. The van der Waals surface area contributed by atoms with Gasteiger partial charge in [0.1, 0.15) is 42.7 Å². The molecular weight excluding hydrogens is 506 g/mol. The highest BCUT2D eigenvalue weighted by atomic mass is 16.7. The third-order valence-electron chi connectivity index (χ3n) is 7.35. The maximum Gasteiger partial charge on any atom is 0.187 e. The minimum Gasteiger partial charge on any atom is -0.389 e. The number of aliphatic hydroxyl groups excluding tert-OH is 3. The molecule has 2 saturated heterocycles. The number of aliphatic hydroxyl groups is 3. The van der Waals surface area contributed by atoms with Gasteiger partial charge in [-0.15, -0.1) is 0 Å². The maximum absolute atomic E-state index is 11.1. The summed E-state index contributed by atoms with van der Waals surface area (Å²) in [5.41, 5.74) is 42.0. The molecule has 0 amide bonds. The first-order chi connectivity index (χ1) is 18.0. The molecule has 0 aromatic rings. The quantitative estimate of drug-likeness (QED) is 0.114. The Morgan fingerprint density at radius 3 is 1.89 bits per heavy atom. The van der Waals surface area contributed by atoms with E-state index >= 15 is 0 Å². The van der Waals surface area contributed by atoms with E-state index in [0.29, 0.717) is 0 Å². The van der Waals surface area contributed by atoms with Crippen LogP contribution in [0.15, 0.2) is 0 Å². The van der Waals surface area contributed by atoms with Crippen LogP contribution < -0.4 is 40.1 Å². The van der Waals surface area contributed by atoms with Crippen molar-refractivity contribution in [3.05, 3.63) is 0 Å². The molecule has 3 rings (SSSR count). The zero-order valence-electron chi connectivity index (χ0n) is 21.7. The van der Waals surface area contributed by atoms with E-state index in [1.54, 1.807) is 6.92 Å². The van der Waals surface area contributed by atoms with Gasteiger partial charge in [0, 0.05) is 31.7 Å². The minimum absolute atomic E-state index is 0.0899. The van der Waals surface area contributed by atoms with E-state index in [-0.39, 0.29) is 39.3 Å².